The fourth-order valence-corrected chi connectivity index (χ4v) is 2.08. The van der Waals surface area contributed by atoms with Crippen LogP contribution in [0.5, 0.6) is 0 Å². The third-order valence-electron chi connectivity index (χ3n) is 2.80. The van der Waals surface area contributed by atoms with Gasteiger partial charge in [0.2, 0.25) is 0 Å². The highest BCUT2D eigenvalue weighted by Gasteiger charge is 2.34. The largest absolute Gasteiger partial charge is 0.386 e. The lowest BCUT2D eigenvalue weighted by Crippen LogP contribution is -2.42. The van der Waals surface area contributed by atoms with Gasteiger partial charge < -0.3 is 14.7 Å². The van der Waals surface area contributed by atoms with Crippen molar-refractivity contribution >= 4 is 0 Å². The molecule has 70 valence electrons. The predicted molar refractivity (Wildman–Crippen MR) is 46.1 cm³/mol. The number of hydrogen-bond donors (Lipinski definition) is 1. The molecule has 12 heavy (non-hydrogen) atoms. The Morgan fingerprint density at radius 2 is 2.08 bits per heavy atom. The van der Waals surface area contributed by atoms with E-state index in [1.807, 2.05) is 0 Å². The average Bonchev–Trinajstić information content (AvgIpc) is 2.62. The Labute approximate surface area is 73.3 Å². The summed E-state index contributed by atoms with van der Waals surface area (Å²) in [6, 6.07) is 0. The maximum absolute atomic E-state index is 9.98. The lowest BCUT2D eigenvalue weighted by molar-refractivity contribution is 0.000751. The van der Waals surface area contributed by atoms with E-state index >= 15 is 0 Å². The standard InChI is InChI=1S/C9H17NO2/c11-9(3-6-12-8-9)7-10-4-1-2-5-10/h11H,1-8H2. The Morgan fingerprint density at radius 3 is 2.67 bits per heavy atom. The first-order valence-electron chi connectivity index (χ1n) is 4.81. The van der Waals surface area contributed by atoms with Gasteiger partial charge in [-0.3, -0.25) is 0 Å². The molecule has 2 aliphatic rings. The van der Waals surface area contributed by atoms with Gasteiger partial charge in [-0.15, -0.1) is 0 Å². The van der Waals surface area contributed by atoms with Gasteiger partial charge >= 0.3 is 0 Å². The maximum atomic E-state index is 9.98. The van der Waals surface area contributed by atoms with E-state index in [2.05, 4.69) is 4.90 Å². The fraction of sp³-hybridized carbons (Fsp3) is 1.00. The molecule has 2 fully saturated rings. The molecule has 2 aliphatic heterocycles. The van der Waals surface area contributed by atoms with Gasteiger partial charge in [0.25, 0.3) is 0 Å². The summed E-state index contributed by atoms with van der Waals surface area (Å²) in [6.45, 7) is 4.38. The number of aliphatic hydroxyl groups is 1. The molecular weight excluding hydrogens is 154 g/mol. The van der Waals surface area contributed by atoms with Gasteiger partial charge in [-0.25, -0.2) is 0 Å². The molecule has 3 heteroatoms. The fourth-order valence-electron chi connectivity index (χ4n) is 2.08. The molecular formula is C9H17NO2. The molecule has 0 spiro atoms. The van der Waals surface area contributed by atoms with Gasteiger partial charge in [0.15, 0.2) is 0 Å². The molecule has 0 bridgehead atoms. The Kier molecular flexibility index (Phi) is 2.35. The summed E-state index contributed by atoms with van der Waals surface area (Å²) in [7, 11) is 0. The molecule has 1 N–H and O–H groups in total. The Morgan fingerprint density at radius 1 is 1.33 bits per heavy atom. The molecule has 0 aliphatic carbocycles. The lowest BCUT2D eigenvalue weighted by atomic mass is 10.0. The van der Waals surface area contributed by atoms with E-state index in [0.29, 0.717) is 6.61 Å². The highest BCUT2D eigenvalue weighted by Crippen LogP contribution is 2.21. The summed E-state index contributed by atoms with van der Waals surface area (Å²) in [5.41, 5.74) is -0.537. The number of hydrogen-bond acceptors (Lipinski definition) is 3. The van der Waals surface area contributed by atoms with Gasteiger partial charge in [-0.05, 0) is 25.9 Å². The van der Waals surface area contributed by atoms with Gasteiger partial charge in [0.1, 0.15) is 5.60 Å². The van der Waals surface area contributed by atoms with E-state index in [9.17, 15) is 5.11 Å². The lowest BCUT2D eigenvalue weighted by Gasteiger charge is -2.26. The van der Waals surface area contributed by atoms with Crippen LogP contribution in [0.3, 0.4) is 0 Å². The van der Waals surface area contributed by atoms with E-state index in [0.717, 1.165) is 32.7 Å². The summed E-state index contributed by atoms with van der Waals surface area (Å²) < 4.78 is 5.19. The van der Waals surface area contributed by atoms with E-state index in [1.54, 1.807) is 0 Å². The van der Waals surface area contributed by atoms with Crippen molar-refractivity contribution in [1.29, 1.82) is 0 Å². The van der Waals surface area contributed by atoms with E-state index in [1.165, 1.54) is 12.8 Å². The van der Waals surface area contributed by atoms with Gasteiger partial charge in [0, 0.05) is 19.6 Å². The summed E-state index contributed by atoms with van der Waals surface area (Å²) in [5, 5.41) is 9.98. The second-order valence-corrected chi connectivity index (χ2v) is 4.01. The van der Waals surface area contributed by atoms with Crippen LogP contribution in [0.4, 0.5) is 0 Å². The first-order chi connectivity index (χ1) is 5.79. The topological polar surface area (TPSA) is 32.7 Å². The molecule has 1 unspecified atom stereocenters. The molecule has 0 aromatic heterocycles. The molecule has 0 saturated carbocycles. The number of likely N-dealkylation sites (tertiary alicyclic amines) is 1. The van der Waals surface area contributed by atoms with Crippen molar-refractivity contribution < 1.29 is 9.84 Å². The van der Waals surface area contributed by atoms with Crippen molar-refractivity contribution in [2.45, 2.75) is 24.9 Å². The van der Waals surface area contributed by atoms with Crippen LogP contribution in [-0.2, 0) is 4.74 Å². The number of ether oxygens (including phenoxy) is 1. The van der Waals surface area contributed by atoms with E-state index in [-0.39, 0.29) is 0 Å². The van der Waals surface area contributed by atoms with Crippen molar-refractivity contribution in [2.24, 2.45) is 0 Å². The SMILES string of the molecule is OC1(CN2CCCC2)CCOC1. The molecule has 0 amide bonds. The molecule has 0 radical (unpaired) electrons. The van der Waals surface area contributed by atoms with Crippen LogP contribution in [-0.4, -0.2) is 48.5 Å². The Balaban J connectivity index is 1.83. The second kappa shape index (κ2) is 3.32. The third-order valence-corrected chi connectivity index (χ3v) is 2.80. The maximum Gasteiger partial charge on any atom is 0.103 e. The second-order valence-electron chi connectivity index (χ2n) is 4.01. The first kappa shape index (κ1) is 8.48. The van der Waals surface area contributed by atoms with Crippen LogP contribution in [0.15, 0.2) is 0 Å². The highest BCUT2D eigenvalue weighted by atomic mass is 16.5. The van der Waals surface area contributed by atoms with Crippen LogP contribution in [0, 0.1) is 0 Å². The zero-order chi connectivity index (χ0) is 8.44. The summed E-state index contributed by atoms with van der Waals surface area (Å²) in [6.07, 6.45) is 3.39. The molecule has 0 aromatic rings. The van der Waals surface area contributed by atoms with Crippen LogP contribution < -0.4 is 0 Å². The molecule has 0 aromatic carbocycles. The Hall–Kier alpha value is -0.120. The average molecular weight is 171 g/mol. The highest BCUT2D eigenvalue weighted by molar-refractivity contribution is 4.87. The zero-order valence-corrected chi connectivity index (χ0v) is 7.46. The van der Waals surface area contributed by atoms with Crippen molar-refractivity contribution in [2.75, 3.05) is 32.8 Å². The minimum Gasteiger partial charge on any atom is -0.386 e. The summed E-state index contributed by atoms with van der Waals surface area (Å²) in [4.78, 5) is 2.34. The van der Waals surface area contributed by atoms with Crippen LogP contribution >= 0.6 is 0 Å². The first-order valence-corrected chi connectivity index (χ1v) is 4.81. The number of rotatable bonds is 2. The number of nitrogens with zero attached hydrogens (tertiary/aromatic N) is 1. The van der Waals surface area contributed by atoms with Crippen LogP contribution in [0.25, 0.3) is 0 Å². The predicted octanol–water partition coefficient (Wildman–Crippen LogP) is 0.234. The quantitative estimate of drug-likeness (QED) is 0.645. The van der Waals surface area contributed by atoms with Crippen molar-refractivity contribution in [1.82, 2.24) is 4.90 Å². The summed E-state index contributed by atoms with van der Waals surface area (Å²) >= 11 is 0. The minimum atomic E-state index is -0.537. The number of β-amino-alcohol motifs (C(OH)–C–C–N with tert-alkyl or cyclic N) is 1. The van der Waals surface area contributed by atoms with Gasteiger partial charge in [0.05, 0.1) is 6.61 Å². The summed E-state index contributed by atoms with van der Waals surface area (Å²) in [5.74, 6) is 0. The van der Waals surface area contributed by atoms with Crippen LogP contribution in [0.1, 0.15) is 19.3 Å². The third kappa shape index (κ3) is 1.79. The molecule has 3 nitrogen and oxygen atoms in total. The molecule has 1 atom stereocenters. The van der Waals surface area contributed by atoms with Crippen LogP contribution in [0.2, 0.25) is 0 Å². The minimum absolute atomic E-state index is 0.531. The van der Waals surface area contributed by atoms with Crippen molar-refractivity contribution in [3.8, 4) is 0 Å². The van der Waals surface area contributed by atoms with Gasteiger partial charge in [-0.1, -0.05) is 0 Å². The van der Waals surface area contributed by atoms with Crippen molar-refractivity contribution in [3.63, 3.8) is 0 Å². The van der Waals surface area contributed by atoms with E-state index < -0.39 is 5.60 Å². The monoisotopic (exact) mass is 171 g/mol. The smallest absolute Gasteiger partial charge is 0.103 e. The van der Waals surface area contributed by atoms with Crippen molar-refractivity contribution in [3.05, 3.63) is 0 Å². The molecule has 2 heterocycles. The molecule has 2 saturated heterocycles. The van der Waals surface area contributed by atoms with E-state index in [4.69, 9.17) is 4.74 Å². The normalized spacial score (nSPS) is 37.8. The zero-order valence-electron chi connectivity index (χ0n) is 7.46. The molecule has 2 rings (SSSR count). The van der Waals surface area contributed by atoms with Gasteiger partial charge in [-0.2, -0.15) is 0 Å². The Bertz CT molecular complexity index is 149.